The highest BCUT2D eigenvalue weighted by Gasteiger charge is 2.24. The lowest BCUT2D eigenvalue weighted by Crippen LogP contribution is -2.37. The van der Waals surface area contributed by atoms with Gasteiger partial charge in [-0.25, -0.2) is 8.42 Å². The zero-order valence-electron chi connectivity index (χ0n) is 13.5. The largest absolute Gasteiger partial charge is 0.454 e. The molecule has 0 fully saturated rings. The summed E-state index contributed by atoms with van der Waals surface area (Å²) in [6, 6.07) is 9.43. The predicted octanol–water partition coefficient (Wildman–Crippen LogP) is 3.13. The van der Waals surface area contributed by atoms with Crippen LogP contribution in [0, 0.1) is 0 Å². The summed E-state index contributed by atoms with van der Waals surface area (Å²) in [6.07, 6.45) is 0.984. The molecule has 10 heteroatoms. The molecule has 1 amide bonds. The quantitative estimate of drug-likeness (QED) is 0.808. The topological polar surface area (TPSA) is 84.9 Å². The van der Waals surface area contributed by atoms with Gasteiger partial charge in [0.25, 0.3) is 0 Å². The molecule has 0 spiro atoms. The van der Waals surface area contributed by atoms with Crippen molar-refractivity contribution < 1.29 is 22.7 Å². The fourth-order valence-corrected chi connectivity index (χ4v) is 3.68. The number of hydrogen-bond donors (Lipinski definition) is 1. The number of halogens is 2. The van der Waals surface area contributed by atoms with Gasteiger partial charge in [-0.3, -0.25) is 9.10 Å². The van der Waals surface area contributed by atoms with E-state index >= 15 is 0 Å². The number of anilines is 2. The van der Waals surface area contributed by atoms with Gasteiger partial charge in [0.1, 0.15) is 6.54 Å². The predicted molar refractivity (Wildman–Crippen MR) is 99.8 cm³/mol. The van der Waals surface area contributed by atoms with E-state index in [2.05, 4.69) is 5.32 Å². The summed E-state index contributed by atoms with van der Waals surface area (Å²) in [5.74, 6) is 0.525. The number of amides is 1. The summed E-state index contributed by atoms with van der Waals surface area (Å²) >= 11 is 12.1. The van der Waals surface area contributed by atoms with Gasteiger partial charge >= 0.3 is 0 Å². The van der Waals surface area contributed by atoms with E-state index in [1.54, 1.807) is 24.3 Å². The number of sulfonamides is 1. The Bertz CT molecular complexity index is 965. The van der Waals surface area contributed by atoms with E-state index in [0.717, 1.165) is 10.6 Å². The van der Waals surface area contributed by atoms with E-state index in [0.29, 0.717) is 17.2 Å². The van der Waals surface area contributed by atoms with Gasteiger partial charge in [-0.1, -0.05) is 29.3 Å². The maximum Gasteiger partial charge on any atom is 0.245 e. The number of carbonyl (C=O) groups excluding carboxylic acids is 1. The monoisotopic (exact) mass is 416 g/mol. The van der Waals surface area contributed by atoms with Crippen LogP contribution in [0.4, 0.5) is 11.4 Å². The van der Waals surface area contributed by atoms with Gasteiger partial charge in [0.2, 0.25) is 22.7 Å². The minimum absolute atomic E-state index is 0.0514. The third-order valence-electron chi connectivity index (χ3n) is 3.54. The zero-order valence-corrected chi connectivity index (χ0v) is 15.9. The minimum atomic E-state index is -3.77. The average molecular weight is 417 g/mol. The lowest BCUT2D eigenvalue weighted by atomic mass is 10.2. The molecule has 0 atom stereocenters. The van der Waals surface area contributed by atoms with E-state index in [-0.39, 0.29) is 22.5 Å². The number of carbonyl (C=O) groups is 1. The van der Waals surface area contributed by atoms with Gasteiger partial charge in [-0.2, -0.15) is 0 Å². The maximum atomic E-state index is 12.4. The van der Waals surface area contributed by atoms with E-state index in [4.69, 9.17) is 32.7 Å². The van der Waals surface area contributed by atoms with Crippen LogP contribution in [0.2, 0.25) is 10.0 Å². The first-order valence-electron chi connectivity index (χ1n) is 7.37. The minimum Gasteiger partial charge on any atom is -0.454 e. The lowest BCUT2D eigenvalue weighted by molar-refractivity contribution is -0.114. The van der Waals surface area contributed by atoms with E-state index in [9.17, 15) is 13.2 Å². The molecule has 0 unspecified atom stereocenters. The molecule has 1 aliphatic rings. The van der Waals surface area contributed by atoms with Crippen LogP contribution in [0.15, 0.2) is 36.4 Å². The van der Waals surface area contributed by atoms with Crippen molar-refractivity contribution in [2.24, 2.45) is 0 Å². The molecule has 1 aliphatic heterocycles. The van der Waals surface area contributed by atoms with E-state index < -0.39 is 22.5 Å². The van der Waals surface area contributed by atoms with Crippen LogP contribution in [-0.2, 0) is 14.8 Å². The molecule has 0 bridgehead atoms. The molecule has 26 heavy (non-hydrogen) atoms. The smallest absolute Gasteiger partial charge is 0.245 e. The van der Waals surface area contributed by atoms with Crippen molar-refractivity contribution in [3.05, 3.63) is 46.4 Å². The van der Waals surface area contributed by atoms with Gasteiger partial charge in [-0.15, -0.1) is 0 Å². The van der Waals surface area contributed by atoms with Gasteiger partial charge < -0.3 is 14.8 Å². The van der Waals surface area contributed by atoms with Gasteiger partial charge in [0, 0.05) is 11.8 Å². The maximum absolute atomic E-state index is 12.4. The Morgan fingerprint density at radius 1 is 1.19 bits per heavy atom. The first kappa shape index (κ1) is 18.6. The van der Waals surface area contributed by atoms with E-state index in [1.807, 2.05) is 0 Å². The molecule has 1 heterocycles. The van der Waals surface area contributed by atoms with Gasteiger partial charge in [0.05, 0.1) is 22.0 Å². The molecule has 0 aromatic heterocycles. The van der Waals surface area contributed by atoms with Crippen LogP contribution in [0.5, 0.6) is 11.5 Å². The second-order valence-electron chi connectivity index (χ2n) is 5.46. The van der Waals surface area contributed by atoms with Crippen molar-refractivity contribution in [2.75, 3.05) is 29.2 Å². The fourth-order valence-electron chi connectivity index (χ4n) is 2.37. The zero-order chi connectivity index (χ0) is 18.9. The van der Waals surface area contributed by atoms with Crippen molar-refractivity contribution in [3.63, 3.8) is 0 Å². The SMILES string of the molecule is CS(=O)(=O)N(CC(=O)Nc1ccc2c(c1)OCO2)c1cccc(Cl)c1Cl. The molecule has 2 aromatic carbocycles. The Morgan fingerprint density at radius 2 is 1.92 bits per heavy atom. The molecule has 2 aromatic rings. The Morgan fingerprint density at radius 3 is 2.65 bits per heavy atom. The Balaban J connectivity index is 1.81. The molecule has 0 radical (unpaired) electrons. The normalized spacial score (nSPS) is 12.7. The molecular formula is C16H14Cl2N2O5S. The van der Waals surface area contributed by atoms with Crippen molar-refractivity contribution in [3.8, 4) is 11.5 Å². The van der Waals surface area contributed by atoms with Crippen LogP contribution < -0.4 is 19.1 Å². The molecular weight excluding hydrogens is 403 g/mol. The molecule has 0 aliphatic carbocycles. The van der Waals surface area contributed by atoms with Crippen LogP contribution in [-0.4, -0.2) is 33.9 Å². The molecule has 138 valence electrons. The lowest BCUT2D eigenvalue weighted by Gasteiger charge is -2.23. The summed E-state index contributed by atoms with van der Waals surface area (Å²) in [4.78, 5) is 12.4. The Kier molecular flexibility index (Phi) is 5.17. The fraction of sp³-hybridized carbons (Fsp3) is 0.188. The Labute approximate surface area is 160 Å². The second kappa shape index (κ2) is 7.22. The van der Waals surface area contributed by atoms with Crippen molar-refractivity contribution in [2.45, 2.75) is 0 Å². The standard InChI is InChI=1S/C16H14Cl2N2O5S/c1-26(22,23)20(12-4-2-3-11(17)16(12)18)8-15(21)19-10-5-6-13-14(7-10)25-9-24-13/h2-7H,8-9H2,1H3,(H,19,21). The highest BCUT2D eigenvalue weighted by molar-refractivity contribution is 7.92. The number of hydrogen-bond acceptors (Lipinski definition) is 5. The Hall–Kier alpha value is -2.16. The summed E-state index contributed by atoms with van der Waals surface area (Å²) in [7, 11) is -3.77. The molecule has 0 saturated heterocycles. The summed E-state index contributed by atoms with van der Waals surface area (Å²) in [5, 5.41) is 2.86. The highest BCUT2D eigenvalue weighted by atomic mass is 35.5. The number of benzene rings is 2. The van der Waals surface area contributed by atoms with Gasteiger partial charge in [0.15, 0.2) is 11.5 Å². The number of fused-ring (bicyclic) bond motifs is 1. The summed E-state index contributed by atoms with van der Waals surface area (Å²) < 4.78 is 35.6. The third kappa shape index (κ3) is 3.98. The summed E-state index contributed by atoms with van der Waals surface area (Å²) in [6.45, 7) is -0.352. The van der Waals surface area contributed by atoms with Crippen LogP contribution >= 0.6 is 23.2 Å². The number of nitrogens with zero attached hydrogens (tertiary/aromatic N) is 1. The number of nitrogens with one attached hydrogen (secondary N) is 1. The van der Waals surface area contributed by atoms with Crippen molar-refractivity contribution in [1.82, 2.24) is 0 Å². The first-order chi connectivity index (χ1) is 12.3. The molecule has 3 rings (SSSR count). The molecule has 0 saturated carbocycles. The van der Waals surface area contributed by atoms with Crippen LogP contribution in [0.25, 0.3) is 0 Å². The summed E-state index contributed by atoms with van der Waals surface area (Å²) in [5.41, 5.74) is 0.576. The average Bonchev–Trinajstić information content (AvgIpc) is 3.02. The number of ether oxygens (including phenoxy) is 2. The van der Waals surface area contributed by atoms with Gasteiger partial charge in [-0.05, 0) is 24.3 Å². The number of rotatable bonds is 5. The third-order valence-corrected chi connectivity index (χ3v) is 5.48. The van der Waals surface area contributed by atoms with Crippen LogP contribution in [0.1, 0.15) is 0 Å². The van der Waals surface area contributed by atoms with Crippen molar-refractivity contribution >= 4 is 50.5 Å². The first-order valence-corrected chi connectivity index (χ1v) is 9.97. The van der Waals surface area contributed by atoms with Crippen LogP contribution in [0.3, 0.4) is 0 Å². The van der Waals surface area contributed by atoms with E-state index in [1.165, 1.54) is 12.1 Å². The highest BCUT2D eigenvalue weighted by Crippen LogP contribution is 2.35. The second-order valence-corrected chi connectivity index (χ2v) is 8.15. The molecule has 1 N–H and O–H groups in total. The van der Waals surface area contributed by atoms with Crippen molar-refractivity contribution in [1.29, 1.82) is 0 Å². The molecule has 7 nitrogen and oxygen atoms in total.